The number of nitrogens with zero attached hydrogens (tertiary/aromatic N) is 1. The van der Waals surface area contributed by atoms with Crippen LogP contribution in [-0.2, 0) is 28.6 Å². The molecule has 1 aromatic carbocycles. The monoisotopic (exact) mass is 446 g/mol. The van der Waals surface area contributed by atoms with Crippen LogP contribution in [-0.4, -0.2) is 36.7 Å². The molecule has 1 atom stereocenters. The van der Waals surface area contributed by atoms with E-state index in [0.717, 1.165) is 0 Å². The molecule has 0 amide bonds. The Morgan fingerprint density at radius 1 is 1.06 bits per heavy atom. The van der Waals surface area contributed by atoms with Gasteiger partial charge in [-0.15, -0.1) is 0 Å². The summed E-state index contributed by atoms with van der Waals surface area (Å²) in [6.07, 6.45) is 0. The fourth-order valence-electron chi connectivity index (χ4n) is 3.23. The fourth-order valence-corrected chi connectivity index (χ4v) is 3.23. The molecule has 0 aromatic heterocycles. The summed E-state index contributed by atoms with van der Waals surface area (Å²) >= 11 is 0. The highest BCUT2D eigenvalue weighted by molar-refractivity contribution is 5.99. The van der Waals surface area contributed by atoms with E-state index in [9.17, 15) is 24.5 Å². The van der Waals surface area contributed by atoms with E-state index in [-0.39, 0.29) is 16.8 Å². The van der Waals surface area contributed by atoms with Gasteiger partial charge < -0.3 is 19.5 Å². The third-order valence-corrected chi connectivity index (χ3v) is 4.79. The number of hydrogen-bond acceptors (Lipinski definition) is 9. The number of carbonyl (C=O) groups is 3. The van der Waals surface area contributed by atoms with Crippen LogP contribution in [0.15, 0.2) is 46.8 Å². The normalized spacial score (nSPS) is 16.2. The first-order valence-electron chi connectivity index (χ1n) is 9.74. The van der Waals surface area contributed by atoms with Crippen molar-refractivity contribution in [2.24, 2.45) is 5.41 Å². The average molecular weight is 446 g/mol. The van der Waals surface area contributed by atoms with Crippen molar-refractivity contribution in [1.29, 1.82) is 0 Å². The van der Waals surface area contributed by atoms with E-state index < -0.39 is 41.0 Å². The molecule has 10 nitrogen and oxygen atoms in total. The lowest BCUT2D eigenvalue weighted by Crippen LogP contribution is -2.33. The largest absolute Gasteiger partial charge is 0.466 e. The minimum absolute atomic E-state index is 0.0447. The Balaban J connectivity index is 2.46. The summed E-state index contributed by atoms with van der Waals surface area (Å²) in [5.41, 5.74) is 0.323. The zero-order valence-corrected chi connectivity index (χ0v) is 18.8. The number of carbonyl (C=O) groups excluding carboxylic acids is 3. The van der Waals surface area contributed by atoms with Crippen molar-refractivity contribution in [2.45, 2.75) is 40.5 Å². The lowest BCUT2D eigenvalue weighted by molar-refractivity contribution is -0.384. The van der Waals surface area contributed by atoms with Gasteiger partial charge in [0.1, 0.15) is 0 Å². The zero-order valence-electron chi connectivity index (χ0n) is 18.8. The molecule has 172 valence electrons. The first-order valence-corrected chi connectivity index (χ1v) is 9.74. The topological polar surface area (TPSA) is 134 Å². The number of methoxy groups -OCH3 is 1. The number of allylic oxidation sites excluding steroid dienone is 2. The highest BCUT2D eigenvalue weighted by Crippen LogP contribution is 2.40. The molecule has 32 heavy (non-hydrogen) atoms. The van der Waals surface area contributed by atoms with Crippen LogP contribution in [0, 0.1) is 15.5 Å². The Morgan fingerprint density at radius 2 is 1.66 bits per heavy atom. The van der Waals surface area contributed by atoms with Gasteiger partial charge in [0.15, 0.2) is 0 Å². The molecule has 1 heterocycles. The molecule has 0 saturated carbocycles. The lowest BCUT2D eigenvalue weighted by Gasteiger charge is -2.30. The Bertz CT molecular complexity index is 1020. The van der Waals surface area contributed by atoms with Crippen molar-refractivity contribution in [3.05, 3.63) is 62.5 Å². The second-order valence-corrected chi connectivity index (χ2v) is 8.21. The minimum Gasteiger partial charge on any atom is -0.466 e. The molecule has 0 fully saturated rings. The number of ether oxygens (including phenoxy) is 3. The van der Waals surface area contributed by atoms with Crippen LogP contribution >= 0.6 is 0 Å². The smallest absolute Gasteiger partial charge is 0.339 e. The molecule has 1 aliphatic rings. The van der Waals surface area contributed by atoms with Crippen molar-refractivity contribution in [3.8, 4) is 0 Å². The number of dihydropyridines is 1. The van der Waals surface area contributed by atoms with Crippen molar-refractivity contribution < 1.29 is 33.5 Å². The SMILES string of the molecule is COC(=O)C1=C(C)NC(C)=C(C(=O)OCOC(=O)C(C)(C)C)C1c1cccc([N+](=O)[O-])c1. The molecule has 0 spiro atoms. The van der Waals surface area contributed by atoms with Crippen LogP contribution in [0.2, 0.25) is 0 Å². The van der Waals surface area contributed by atoms with Gasteiger partial charge in [-0.3, -0.25) is 14.9 Å². The molecule has 0 bridgehead atoms. The third kappa shape index (κ3) is 5.32. The lowest BCUT2D eigenvalue weighted by atomic mass is 9.80. The Hall–Kier alpha value is -3.69. The van der Waals surface area contributed by atoms with E-state index in [1.165, 1.54) is 25.3 Å². The van der Waals surface area contributed by atoms with Gasteiger partial charge >= 0.3 is 17.9 Å². The number of benzene rings is 1. The number of non-ortho nitro benzene ring substituents is 1. The van der Waals surface area contributed by atoms with Gasteiger partial charge in [0.05, 0.1) is 34.5 Å². The first-order chi connectivity index (χ1) is 14.9. The summed E-state index contributed by atoms with van der Waals surface area (Å²) in [6.45, 7) is 7.59. The van der Waals surface area contributed by atoms with E-state index in [1.807, 2.05) is 0 Å². The number of nitro benzene ring substituents is 1. The highest BCUT2D eigenvalue weighted by atomic mass is 16.7. The highest BCUT2D eigenvalue weighted by Gasteiger charge is 2.38. The van der Waals surface area contributed by atoms with Crippen molar-refractivity contribution in [2.75, 3.05) is 13.9 Å². The van der Waals surface area contributed by atoms with Gasteiger partial charge in [-0.1, -0.05) is 12.1 Å². The molecule has 1 unspecified atom stereocenters. The summed E-state index contributed by atoms with van der Waals surface area (Å²) in [6, 6.07) is 5.62. The van der Waals surface area contributed by atoms with E-state index in [1.54, 1.807) is 40.7 Å². The maximum Gasteiger partial charge on any atom is 0.339 e. The van der Waals surface area contributed by atoms with E-state index in [2.05, 4.69) is 5.32 Å². The number of nitro groups is 1. The van der Waals surface area contributed by atoms with Crippen molar-refractivity contribution in [3.63, 3.8) is 0 Å². The van der Waals surface area contributed by atoms with Gasteiger partial charge in [0.25, 0.3) is 5.69 Å². The summed E-state index contributed by atoms with van der Waals surface area (Å²) in [5.74, 6) is -3.10. The molecular weight excluding hydrogens is 420 g/mol. The molecule has 0 aliphatic carbocycles. The summed E-state index contributed by atoms with van der Waals surface area (Å²) in [4.78, 5) is 48.2. The Morgan fingerprint density at radius 3 is 2.19 bits per heavy atom. The molecule has 1 aromatic rings. The van der Waals surface area contributed by atoms with E-state index in [0.29, 0.717) is 17.0 Å². The molecular formula is C22H26N2O8. The Labute approximate surface area is 185 Å². The van der Waals surface area contributed by atoms with Crippen LogP contribution in [0.25, 0.3) is 0 Å². The minimum atomic E-state index is -0.991. The number of hydrogen-bond donors (Lipinski definition) is 1. The van der Waals surface area contributed by atoms with Crippen molar-refractivity contribution >= 4 is 23.6 Å². The fraction of sp³-hybridized carbons (Fsp3) is 0.409. The van der Waals surface area contributed by atoms with Crippen LogP contribution in [0.4, 0.5) is 5.69 Å². The van der Waals surface area contributed by atoms with Crippen LogP contribution < -0.4 is 5.32 Å². The zero-order chi connectivity index (χ0) is 24.2. The average Bonchev–Trinajstić information content (AvgIpc) is 2.71. The molecule has 2 rings (SSSR count). The van der Waals surface area contributed by atoms with Crippen LogP contribution in [0.5, 0.6) is 0 Å². The quantitative estimate of drug-likeness (QED) is 0.303. The van der Waals surface area contributed by atoms with E-state index in [4.69, 9.17) is 14.2 Å². The Kier molecular flexibility index (Phi) is 7.40. The van der Waals surface area contributed by atoms with Gasteiger partial charge in [-0.2, -0.15) is 0 Å². The van der Waals surface area contributed by atoms with Crippen molar-refractivity contribution in [1.82, 2.24) is 5.32 Å². The van der Waals surface area contributed by atoms with Gasteiger partial charge in [-0.05, 0) is 40.2 Å². The molecule has 0 saturated heterocycles. The second kappa shape index (κ2) is 9.63. The van der Waals surface area contributed by atoms with Crippen LogP contribution in [0.3, 0.4) is 0 Å². The number of rotatable bonds is 6. The molecule has 1 N–H and O–H groups in total. The van der Waals surface area contributed by atoms with Crippen LogP contribution in [0.1, 0.15) is 46.1 Å². The summed E-state index contributed by atoms with van der Waals surface area (Å²) in [7, 11) is 1.20. The molecule has 0 radical (unpaired) electrons. The second-order valence-electron chi connectivity index (χ2n) is 8.21. The summed E-state index contributed by atoms with van der Waals surface area (Å²) in [5, 5.41) is 14.2. The van der Waals surface area contributed by atoms with Gasteiger partial charge in [-0.25, -0.2) is 9.59 Å². The third-order valence-electron chi connectivity index (χ3n) is 4.79. The predicted molar refractivity (Wildman–Crippen MR) is 113 cm³/mol. The van der Waals surface area contributed by atoms with E-state index >= 15 is 0 Å². The van der Waals surface area contributed by atoms with Gasteiger partial charge in [0.2, 0.25) is 6.79 Å². The van der Waals surface area contributed by atoms with Gasteiger partial charge in [0, 0.05) is 23.5 Å². The maximum absolute atomic E-state index is 13.0. The summed E-state index contributed by atoms with van der Waals surface area (Å²) < 4.78 is 15.0. The standard InChI is InChI=1S/C22H26N2O8/c1-12-16(19(25)30-6)18(14-8-7-9-15(10-14)24(28)29)17(13(2)23-12)20(26)31-11-32-21(27)22(3,4)5/h7-10,18,23H,11H2,1-6H3. The molecule has 10 heteroatoms. The number of nitrogens with one attached hydrogen (secondary N) is 1. The molecule has 1 aliphatic heterocycles. The maximum atomic E-state index is 13.0. The number of esters is 3. The predicted octanol–water partition coefficient (Wildman–Crippen LogP) is 3.09. The first kappa shape index (κ1) is 24.6.